The van der Waals surface area contributed by atoms with Gasteiger partial charge in [0.15, 0.2) is 17.7 Å². The van der Waals surface area contributed by atoms with Crippen molar-refractivity contribution < 1.29 is 14.7 Å². The van der Waals surface area contributed by atoms with E-state index in [1.165, 1.54) is 11.1 Å². The van der Waals surface area contributed by atoms with Gasteiger partial charge in [0.1, 0.15) is 5.84 Å². The zero-order valence-electron chi connectivity index (χ0n) is 17.8. The number of rotatable bonds is 4. The number of aliphatic imine (C=N–C) groups is 1. The van der Waals surface area contributed by atoms with Crippen molar-refractivity contribution in [2.75, 3.05) is 20.6 Å². The van der Waals surface area contributed by atoms with Gasteiger partial charge in [-0.25, -0.2) is 0 Å². The number of allylic oxidation sites excluding steroid dienone is 1. The highest BCUT2D eigenvalue weighted by molar-refractivity contribution is 6.03. The molecule has 1 unspecified atom stereocenters. The van der Waals surface area contributed by atoms with Crippen LogP contribution >= 0.6 is 0 Å². The average molecular weight is 398 g/mol. The molecule has 6 heteroatoms. The first-order valence-electron chi connectivity index (χ1n) is 10.3. The first-order valence-corrected chi connectivity index (χ1v) is 10.3. The SMILES string of the molecule is CN=C(CC1(c2cccc(C)c2)CCCC1)N1CC(C)N(C)C(=O)/C1=C(\O)C=O. The zero-order chi connectivity index (χ0) is 21.2. The van der Waals surface area contributed by atoms with Crippen molar-refractivity contribution in [3.8, 4) is 0 Å². The largest absolute Gasteiger partial charge is 0.503 e. The molecule has 1 aliphatic carbocycles. The Balaban J connectivity index is 2.01. The molecule has 0 spiro atoms. The van der Waals surface area contributed by atoms with Crippen LogP contribution in [0, 0.1) is 6.92 Å². The summed E-state index contributed by atoms with van der Waals surface area (Å²) in [5, 5.41) is 10.2. The van der Waals surface area contributed by atoms with E-state index in [9.17, 15) is 14.7 Å². The van der Waals surface area contributed by atoms with Crippen molar-refractivity contribution in [1.29, 1.82) is 0 Å². The van der Waals surface area contributed by atoms with Crippen LogP contribution in [0.2, 0.25) is 0 Å². The maximum Gasteiger partial charge on any atom is 0.274 e. The summed E-state index contributed by atoms with van der Waals surface area (Å²) in [5.74, 6) is -0.151. The lowest BCUT2D eigenvalue weighted by Gasteiger charge is -2.42. The van der Waals surface area contributed by atoms with Crippen molar-refractivity contribution in [2.45, 2.75) is 57.4 Å². The van der Waals surface area contributed by atoms with Gasteiger partial charge in [0.2, 0.25) is 0 Å². The van der Waals surface area contributed by atoms with Crippen LogP contribution in [0.25, 0.3) is 0 Å². The maximum absolute atomic E-state index is 12.9. The predicted molar refractivity (Wildman–Crippen MR) is 114 cm³/mol. The Kier molecular flexibility index (Phi) is 6.10. The minimum absolute atomic E-state index is 0.0265. The third-order valence-electron chi connectivity index (χ3n) is 6.51. The fourth-order valence-electron chi connectivity index (χ4n) is 4.69. The molecule has 0 radical (unpaired) electrons. The van der Waals surface area contributed by atoms with Crippen molar-refractivity contribution >= 4 is 18.0 Å². The van der Waals surface area contributed by atoms with Crippen LogP contribution in [0.15, 0.2) is 40.7 Å². The first kappa shape index (κ1) is 21.1. The number of amides is 1. The molecule has 1 amide bonds. The number of nitrogens with zero attached hydrogens (tertiary/aromatic N) is 3. The van der Waals surface area contributed by atoms with Crippen molar-refractivity contribution in [3.05, 3.63) is 46.8 Å². The number of carbonyl (C=O) groups excluding carboxylic acids is 2. The van der Waals surface area contributed by atoms with E-state index in [0.29, 0.717) is 19.3 Å². The monoisotopic (exact) mass is 397 g/mol. The van der Waals surface area contributed by atoms with Gasteiger partial charge in [0.25, 0.3) is 5.91 Å². The molecule has 1 saturated heterocycles. The van der Waals surface area contributed by atoms with Crippen LogP contribution in [-0.2, 0) is 15.0 Å². The Morgan fingerprint density at radius 2 is 2.03 bits per heavy atom. The molecule has 6 nitrogen and oxygen atoms in total. The number of likely N-dealkylation sites (N-methyl/N-ethyl adjacent to an activating group) is 1. The second-order valence-corrected chi connectivity index (χ2v) is 8.40. The van der Waals surface area contributed by atoms with Gasteiger partial charge in [-0.15, -0.1) is 0 Å². The lowest BCUT2D eigenvalue weighted by Crippen LogP contribution is -2.55. The molecule has 1 aromatic rings. The van der Waals surface area contributed by atoms with Crippen LogP contribution in [0.5, 0.6) is 0 Å². The highest BCUT2D eigenvalue weighted by Gasteiger charge is 2.41. The minimum Gasteiger partial charge on any atom is -0.503 e. The van der Waals surface area contributed by atoms with Crippen LogP contribution in [0.4, 0.5) is 0 Å². The fraction of sp³-hybridized carbons (Fsp3) is 0.522. The molecule has 2 fully saturated rings. The van der Waals surface area contributed by atoms with E-state index in [2.05, 4.69) is 36.2 Å². The second-order valence-electron chi connectivity index (χ2n) is 8.40. The number of aliphatic hydroxyl groups excluding tert-OH is 1. The number of hydrogen-bond acceptors (Lipinski definition) is 4. The normalized spacial score (nSPS) is 24.1. The van der Waals surface area contributed by atoms with Crippen LogP contribution < -0.4 is 0 Å². The van der Waals surface area contributed by atoms with Gasteiger partial charge >= 0.3 is 0 Å². The summed E-state index contributed by atoms with van der Waals surface area (Å²) in [6.07, 6.45) is 5.45. The lowest BCUT2D eigenvalue weighted by molar-refractivity contribution is -0.132. The lowest BCUT2D eigenvalue weighted by atomic mass is 9.75. The Bertz CT molecular complexity index is 853. The molecule has 3 rings (SSSR count). The highest BCUT2D eigenvalue weighted by atomic mass is 16.3. The van der Waals surface area contributed by atoms with Gasteiger partial charge in [-0.05, 0) is 32.3 Å². The quantitative estimate of drug-likeness (QED) is 0.278. The van der Waals surface area contributed by atoms with Crippen LogP contribution in [-0.4, -0.2) is 59.6 Å². The molecular formula is C23H31N3O3. The number of hydrogen-bond donors (Lipinski definition) is 1. The van der Waals surface area contributed by atoms with E-state index < -0.39 is 5.76 Å². The van der Waals surface area contributed by atoms with E-state index in [1.807, 2.05) is 6.92 Å². The van der Waals surface area contributed by atoms with E-state index >= 15 is 0 Å². The van der Waals surface area contributed by atoms with Crippen LogP contribution in [0.1, 0.15) is 50.2 Å². The summed E-state index contributed by atoms with van der Waals surface area (Å²) in [4.78, 5) is 32.0. The van der Waals surface area contributed by atoms with E-state index in [0.717, 1.165) is 31.5 Å². The Morgan fingerprint density at radius 3 is 2.62 bits per heavy atom. The predicted octanol–water partition coefficient (Wildman–Crippen LogP) is 3.36. The third kappa shape index (κ3) is 3.93. The molecule has 1 N–H and O–H groups in total. The van der Waals surface area contributed by atoms with Gasteiger partial charge in [-0.1, -0.05) is 42.7 Å². The molecule has 29 heavy (non-hydrogen) atoms. The molecule has 156 valence electrons. The van der Waals surface area contributed by atoms with E-state index in [-0.39, 0.29) is 23.1 Å². The highest BCUT2D eigenvalue weighted by Crippen LogP contribution is 2.45. The molecule has 1 heterocycles. The van der Waals surface area contributed by atoms with Crippen molar-refractivity contribution in [3.63, 3.8) is 0 Å². The number of carbonyl (C=O) groups is 2. The summed E-state index contributed by atoms with van der Waals surface area (Å²) in [5.41, 5.74) is 2.51. The Labute approximate surface area is 172 Å². The molecule has 1 aliphatic heterocycles. The van der Waals surface area contributed by atoms with Gasteiger partial charge in [0.05, 0.1) is 0 Å². The molecule has 1 saturated carbocycles. The van der Waals surface area contributed by atoms with E-state index in [4.69, 9.17) is 0 Å². The summed E-state index contributed by atoms with van der Waals surface area (Å²) < 4.78 is 0. The average Bonchev–Trinajstić information content (AvgIpc) is 3.19. The molecular weight excluding hydrogens is 366 g/mol. The minimum atomic E-state index is -0.536. The topological polar surface area (TPSA) is 73.2 Å². The third-order valence-corrected chi connectivity index (χ3v) is 6.51. The number of aldehydes is 1. The number of benzene rings is 1. The van der Waals surface area contributed by atoms with Crippen LogP contribution in [0.3, 0.4) is 0 Å². The summed E-state index contributed by atoms with van der Waals surface area (Å²) in [6.45, 7) is 4.55. The number of piperazine rings is 1. The van der Waals surface area contributed by atoms with Gasteiger partial charge in [-0.2, -0.15) is 0 Å². The maximum atomic E-state index is 12.9. The number of aliphatic hydroxyl groups is 1. The number of amidine groups is 1. The van der Waals surface area contributed by atoms with Gasteiger partial charge in [-0.3, -0.25) is 14.6 Å². The Morgan fingerprint density at radius 1 is 1.34 bits per heavy atom. The van der Waals surface area contributed by atoms with Gasteiger partial charge < -0.3 is 14.9 Å². The second kappa shape index (κ2) is 8.39. The number of aryl methyl sites for hydroxylation is 1. The molecule has 1 aromatic carbocycles. The van der Waals surface area contributed by atoms with Crippen molar-refractivity contribution in [1.82, 2.24) is 9.80 Å². The summed E-state index contributed by atoms with van der Waals surface area (Å²) in [6, 6.07) is 8.57. The zero-order valence-corrected chi connectivity index (χ0v) is 17.8. The summed E-state index contributed by atoms with van der Waals surface area (Å²) in [7, 11) is 3.41. The molecule has 0 aromatic heterocycles. The fourth-order valence-corrected chi connectivity index (χ4v) is 4.69. The standard InChI is InChI=1S/C23H31N3O3/c1-16-8-7-9-18(12-16)23(10-5-6-11-23)13-20(24-3)26-14-17(2)25(4)22(29)21(26)19(28)15-27/h7-9,12,15,17,28H,5-6,10-11,13-14H2,1-4H3/b21-19+,24-20?. The molecule has 0 bridgehead atoms. The molecule has 1 atom stereocenters. The summed E-state index contributed by atoms with van der Waals surface area (Å²) >= 11 is 0. The smallest absolute Gasteiger partial charge is 0.274 e. The Hall–Kier alpha value is -2.63. The van der Waals surface area contributed by atoms with Gasteiger partial charge in [0, 0.05) is 38.5 Å². The van der Waals surface area contributed by atoms with Crippen molar-refractivity contribution in [2.24, 2.45) is 4.99 Å². The van der Waals surface area contributed by atoms with E-state index in [1.54, 1.807) is 23.9 Å². The first-order chi connectivity index (χ1) is 13.8. The molecule has 2 aliphatic rings.